The lowest BCUT2D eigenvalue weighted by Gasteiger charge is -2.22. The Morgan fingerprint density at radius 3 is 2.50 bits per heavy atom. The Balaban J connectivity index is 4.40. The predicted molar refractivity (Wildman–Crippen MR) is 67.1 cm³/mol. The standard InChI is InChI=1S/C11H20N2O7/c1-3-20-9(15)7-13(4-5-19-2)11(18)12-6-8(14)10(16)17/h8,14H,3-7H2,1-2H3,(H,12,18)(H,16,17). The SMILES string of the molecule is CCOC(=O)CN(CCOC)C(=O)NCC(O)C(=O)O. The van der Waals surface area contributed by atoms with Crippen molar-refractivity contribution in [1.82, 2.24) is 10.2 Å². The minimum absolute atomic E-state index is 0.129. The first-order chi connectivity index (χ1) is 9.42. The molecule has 0 bridgehead atoms. The van der Waals surface area contributed by atoms with Crippen LogP contribution in [0.3, 0.4) is 0 Å². The minimum atomic E-state index is -1.70. The van der Waals surface area contributed by atoms with Crippen LogP contribution < -0.4 is 5.32 Å². The Morgan fingerprint density at radius 1 is 1.35 bits per heavy atom. The van der Waals surface area contributed by atoms with Crippen LogP contribution in [0.5, 0.6) is 0 Å². The highest BCUT2D eigenvalue weighted by Gasteiger charge is 2.20. The minimum Gasteiger partial charge on any atom is -0.479 e. The molecule has 0 rings (SSSR count). The summed E-state index contributed by atoms with van der Waals surface area (Å²) in [5, 5.41) is 19.7. The number of nitrogens with one attached hydrogen (secondary N) is 1. The maximum absolute atomic E-state index is 11.8. The molecule has 9 heteroatoms. The average Bonchev–Trinajstić information content (AvgIpc) is 2.40. The van der Waals surface area contributed by atoms with Gasteiger partial charge in [0.1, 0.15) is 6.54 Å². The van der Waals surface area contributed by atoms with Crippen molar-refractivity contribution in [2.24, 2.45) is 0 Å². The molecule has 0 aromatic heterocycles. The summed E-state index contributed by atoms with van der Waals surface area (Å²) in [5.74, 6) is -2.03. The number of carbonyl (C=O) groups excluding carboxylic acids is 2. The molecule has 0 aromatic carbocycles. The summed E-state index contributed by atoms with van der Waals surface area (Å²) in [4.78, 5) is 34.6. The number of nitrogens with zero attached hydrogens (tertiary/aromatic N) is 1. The highest BCUT2D eigenvalue weighted by Crippen LogP contribution is 1.93. The summed E-state index contributed by atoms with van der Waals surface area (Å²) >= 11 is 0. The number of methoxy groups -OCH3 is 1. The zero-order valence-corrected chi connectivity index (χ0v) is 11.5. The molecule has 0 aliphatic rings. The highest BCUT2D eigenvalue weighted by atomic mass is 16.5. The molecule has 3 N–H and O–H groups in total. The first kappa shape index (κ1) is 18.1. The Bertz CT molecular complexity index is 335. The molecular weight excluding hydrogens is 272 g/mol. The van der Waals surface area contributed by atoms with Crippen molar-refractivity contribution < 1.29 is 34.1 Å². The van der Waals surface area contributed by atoms with Gasteiger partial charge < -0.3 is 29.9 Å². The molecule has 0 radical (unpaired) electrons. The van der Waals surface area contributed by atoms with Gasteiger partial charge in [0, 0.05) is 13.7 Å². The van der Waals surface area contributed by atoms with Crippen LogP contribution in [-0.2, 0) is 19.1 Å². The second kappa shape index (κ2) is 9.98. The fourth-order valence-corrected chi connectivity index (χ4v) is 1.20. The number of carbonyl (C=O) groups is 3. The zero-order valence-electron chi connectivity index (χ0n) is 11.5. The van der Waals surface area contributed by atoms with E-state index in [2.05, 4.69) is 5.32 Å². The van der Waals surface area contributed by atoms with Gasteiger partial charge in [-0.1, -0.05) is 0 Å². The van der Waals surface area contributed by atoms with E-state index in [1.165, 1.54) is 7.11 Å². The molecule has 0 fully saturated rings. The van der Waals surface area contributed by atoms with Gasteiger partial charge in [0.05, 0.1) is 19.8 Å². The van der Waals surface area contributed by atoms with Gasteiger partial charge in [0.15, 0.2) is 6.10 Å². The van der Waals surface area contributed by atoms with Crippen molar-refractivity contribution >= 4 is 18.0 Å². The van der Waals surface area contributed by atoms with Gasteiger partial charge in [-0.2, -0.15) is 0 Å². The van der Waals surface area contributed by atoms with E-state index in [0.29, 0.717) is 0 Å². The first-order valence-electron chi connectivity index (χ1n) is 6.00. The van der Waals surface area contributed by atoms with E-state index in [1.54, 1.807) is 6.92 Å². The van der Waals surface area contributed by atoms with E-state index in [-0.39, 0.29) is 26.3 Å². The number of amides is 2. The molecule has 20 heavy (non-hydrogen) atoms. The van der Waals surface area contributed by atoms with Gasteiger partial charge in [-0.15, -0.1) is 0 Å². The van der Waals surface area contributed by atoms with E-state index < -0.39 is 30.6 Å². The second-order valence-electron chi connectivity index (χ2n) is 3.76. The number of carboxylic acids is 1. The number of hydrogen-bond donors (Lipinski definition) is 3. The third kappa shape index (κ3) is 7.54. The molecule has 0 saturated carbocycles. The van der Waals surface area contributed by atoms with Crippen LogP contribution in [0.25, 0.3) is 0 Å². The molecule has 0 aliphatic carbocycles. The molecule has 0 heterocycles. The van der Waals surface area contributed by atoms with Crippen LogP contribution in [0, 0.1) is 0 Å². The number of urea groups is 1. The number of ether oxygens (including phenoxy) is 2. The maximum atomic E-state index is 11.8. The highest BCUT2D eigenvalue weighted by molar-refractivity contribution is 5.81. The Morgan fingerprint density at radius 2 is 2.00 bits per heavy atom. The summed E-state index contributed by atoms with van der Waals surface area (Å²) in [6, 6.07) is -0.685. The van der Waals surface area contributed by atoms with Crippen molar-refractivity contribution in [3.05, 3.63) is 0 Å². The molecule has 1 atom stereocenters. The maximum Gasteiger partial charge on any atom is 0.334 e. The predicted octanol–water partition coefficient (Wildman–Crippen LogP) is -1.35. The van der Waals surface area contributed by atoms with Crippen molar-refractivity contribution in [1.29, 1.82) is 0 Å². The third-order valence-electron chi connectivity index (χ3n) is 2.21. The van der Waals surface area contributed by atoms with E-state index in [4.69, 9.17) is 19.7 Å². The largest absolute Gasteiger partial charge is 0.479 e. The normalized spacial score (nSPS) is 11.6. The smallest absolute Gasteiger partial charge is 0.334 e. The van der Waals surface area contributed by atoms with Crippen LogP contribution in [0.15, 0.2) is 0 Å². The Hall–Kier alpha value is -1.87. The molecule has 2 amide bonds. The monoisotopic (exact) mass is 292 g/mol. The van der Waals surface area contributed by atoms with Crippen molar-refractivity contribution in [2.45, 2.75) is 13.0 Å². The number of aliphatic hydroxyl groups is 1. The topological polar surface area (TPSA) is 125 Å². The van der Waals surface area contributed by atoms with Crippen LogP contribution in [0.2, 0.25) is 0 Å². The lowest BCUT2D eigenvalue weighted by atomic mass is 10.3. The van der Waals surface area contributed by atoms with Gasteiger partial charge in [-0.3, -0.25) is 4.79 Å². The lowest BCUT2D eigenvalue weighted by molar-refractivity contribution is -0.146. The van der Waals surface area contributed by atoms with Gasteiger partial charge in [-0.25, -0.2) is 9.59 Å². The molecule has 0 aliphatic heterocycles. The number of aliphatic hydroxyl groups excluding tert-OH is 1. The number of rotatable bonds is 9. The molecule has 116 valence electrons. The van der Waals surface area contributed by atoms with E-state index in [0.717, 1.165) is 4.90 Å². The number of esters is 1. The summed E-state index contributed by atoms with van der Waals surface area (Å²) in [7, 11) is 1.44. The first-order valence-corrected chi connectivity index (χ1v) is 6.00. The van der Waals surface area contributed by atoms with E-state index >= 15 is 0 Å². The van der Waals surface area contributed by atoms with E-state index in [9.17, 15) is 14.4 Å². The van der Waals surface area contributed by atoms with Gasteiger partial charge in [0.25, 0.3) is 0 Å². The van der Waals surface area contributed by atoms with Crippen molar-refractivity contribution in [2.75, 3.05) is 40.0 Å². The summed E-state index contributed by atoms with van der Waals surface area (Å²) in [6.07, 6.45) is -1.70. The summed E-state index contributed by atoms with van der Waals surface area (Å²) in [5.41, 5.74) is 0. The van der Waals surface area contributed by atoms with Gasteiger partial charge in [0.2, 0.25) is 0 Å². The molecule has 1 unspecified atom stereocenters. The average molecular weight is 292 g/mol. The molecule has 0 saturated heterocycles. The third-order valence-corrected chi connectivity index (χ3v) is 2.21. The van der Waals surface area contributed by atoms with Crippen LogP contribution in [0.4, 0.5) is 4.79 Å². The zero-order chi connectivity index (χ0) is 15.5. The second-order valence-corrected chi connectivity index (χ2v) is 3.76. The number of carboxylic acid groups (broad SMARTS) is 1. The van der Waals surface area contributed by atoms with Gasteiger partial charge >= 0.3 is 18.0 Å². The number of aliphatic carboxylic acids is 1. The fourth-order valence-electron chi connectivity index (χ4n) is 1.20. The Kier molecular flexibility index (Phi) is 9.05. The van der Waals surface area contributed by atoms with Crippen molar-refractivity contribution in [3.8, 4) is 0 Å². The summed E-state index contributed by atoms with van der Waals surface area (Å²) in [6.45, 7) is 1.42. The fraction of sp³-hybridized carbons (Fsp3) is 0.727. The number of hydrogen-bond acceptors (Lipinski definition) is 6. The quantitative estimate of drug-likeness (QED) is 0.449. The van der Waals surface area contributed by atoms with E-state index in [1.807, 2.05) is 0 Å². The van der Waals surface area contributed by atoms with Crippen LogP contribution >= 0.6 is 0 Å². The Labute approximate surface area is 116 Å². The summed E-state index contributed by atoms with van der Waals surface area (Å²) < 4.78 is 9.53. The molecular formula is C11H20N2O7. The van der Waals surface area contributed by atoms with Crippen LogP contribution in [0.1, 0.15) is 6.92 Å². The molecule has 0 aromatic rings. The van der Waals surface area contributed by atoms with Crippen LogP contribution in [-0.4, -0.2) is 79.1 Å². The lowest BCUT2D eigenvalue weighted by Crippen LogP contribution is -2.47. The molecule has 0 spiro atoms. The van der Waals surface area contributed by atoms with Crippen molar-refractivity contribution in [3.63, 3.8) is 0 Å². The molecule has 9 nitrogen and oxygen atoms in total. The van der Waals surface area contributed by atoms with Gasteiger partial charge in [-0.05, 0) is 6.92 Å².